The van der Waals surface area contributed by atoms with E-state index in [1.54, 1.807) is 12.1 Å². The minimum atomic E-state index is -0.0949. The standard InChI is InChI=1S/C25H26N2O2/c1-3-8-24(22-10-5-7-12-25(22)26-18(2)28)27-23-11-6-4-9-20(23)17-19-13-15-21(29)16-14-19/h3-7,9-16,24,27,29H,1,8,17H2,2H3,(H,26,28)/t24-/m0/s1. The van der Waals surface area contributed by atoms with Crippen LogP contribution in [-0.2, 0) is 11.2 Å². The van der Waals surface area contributed by atoms with Gasteiger partial charge in [0.25, 0.3) is 0 Å². The Balaban J connectivity index is 1.89. The lowest BCUT2D eigenvalue weighted by Crippen LogP contribution is -2.15. The van der Waals surface area contributed by atoms with Gasteiger partial charge in [-0.15, -0.1) is 6.58 Å². The normalized spacial score (nSPS) is 11.5. The molecule has 0 radical (unpaired) electrons. The molecule has 0 fully saturated rings. The summed E-state index contributed by atoms with van der Waals surface area (Å²) in [5.74, 6) is 0.170. The number of phenols is 1. The van der Waals surface area contributed by atoms with E-state index in [-0.39, 0.29) is 17.7 Å². The minimum absolute atomic E-state index is 0.0310. The Hall–Kier alpha value is -3.53. The summed E-state index contributed by atoms with van der Waals surface area (Å²) in [6, 6.07) is 23.3. The number of hydrogen-bond donors (Lipinski definition) is 3. The third-order valence-electron chi connectivity index (χ3n) is 4.73. The number of para-hydroxylation sites is 2. The number of anilines is 2. The molecule has 0 heterocycles. The van der Waals surface area contributed by atoms with Crippen LogP contribution in [0.25, 0.3) is 0 Å². The second-order valence-electron chi connectivity index (χ2n) is 6.99. The van der Waals surface area contributed by atoms with Crippen LogP contribution in [0, 0.1) is 0 Å². The first-order chi connectivity index (χ1) is 14.1. The molecule has 1 atom stereocenters. The number of hydrogen-bond acceptors (Lipinski definition) is 3. The van der Waals surface area contributed by atoms with Gasteiger partial charge in [0.1, 0.15) is 5.75 Å². The molecule has 0 saturated heterocycles. The molecule has 0 bridgehead atoms. The Bertz CT molecular complexity index is 980. The van der Waals surface area contributed by atoms with Crippen molar-refractivity contribution in [2.24, 2.45) is 0 Å². The predicted octanol–water partition coefficient (Wildman–Crippen LogP) is 5.67. The number of phenolic OH excluding ortho intramolecular Hbond substituents is 1. The zero-order valence-corrected chi connectivity index (χ0v) is 16.6. The van der Waals surface area contributed by atoms with Crippen LogP contribution in [0.5, 0.6) is 5.75 Å². The van der Waals surface area contributed by atoms with Gasteiger partial charge in [0.2, 0.25) is 5.91 Å². The van der Waals surface area contributed by atoms with Gasteiger partial charge in [-0.1, -0.05) is 54.6 Å². The molecule has 0 aromatic heterocycles. The molecule has 3 aromatic rings. The number of nitrogens with one attached hydrogen (secondary N) is 2. The van der Waals surface area contributed by atoms with Crippen molar-refractivity contribution in [1.29, 1.82) is 0 Å². The number of carbonyl (C=O) groups excluding carboxylic acids is 1. The topological polar surface area (TPSA) is 61.4 Å². The van der Waals surface area contributed by atoms with E-state index in [4.69, 9.17) is 0 Å². The average Bonchev–Trinajstić information content (AvgIpc) is 2.71. The van der Waals surface area contributed by atoms with E-state index in [1.807, 2.05) is 54.6 Å². The van der Waals surface area contributed by atoms with Crippen molar-refractivity contribution in [3.8, 4) is 5.75 Å². The molecule has 4 heteroatoms. The molecular weight excluding hydrogens is 360 g/mol. The summed E-state index contributed by atoms with van der Waals surface area (Å²) in [6.45, 7) is 5.42. The van der Waals surface area contributed by atoms with Crippen LogP contribution < -0.4 is 10.6 Å². The second kappa shape index (κ2) is 9.60. The van der Waals surface area contributed by atoms with Crippen LogP contribution in [0.4, 0.5) is 11.4 Å². The lowest BCUT2D eigenvalue weighted by molar-refractivity contribution is -0.114. The minimum Gasteiger partial charge on any atom is -0.508 e. The van der Waals surface area contributed by atoms with E-state index in [9.17, 15) is 9.90 Å². The number of rotatable bonds is 8. The molecule has 0 saturated carbocycles. The lowest BCUT2D eigenvalue weighted by Gasteiger charge is -2.23. The first-order valence-corrected chi connectivity index (χ1v) is 9.66. The summed E-state index contributed by atoms with van der Waals surface area (Å²) in [7, 11) is 0. The molecule has 29 heavy (non-hydrogen) atoms. The summed E-state index contributed by atoms with van der Waals surface area (Å²) >= 11 is 0. The maximum atomic E-state index is 11.6. The van der Waals surface area contributed by atoms with Crippen LogP contribution in [0.1, 0.15) is 36.1 Å². The van der Waals surface area contributed by atoms with Gasteiger partial charge in [-0.05, 0) is 53.8 Å². The average molecular weight is 386 g/mol. The molecule has 3 aromatic carbocycles. The van der Waals surface area contributed by atoms with Gasteiger partial charge in [-0.2, -0.15) is 0 Å². The van der Waals surface area contributed by atoms with Crippen LogP contribution in [0.2, 0.25) is 0 Å². The van der Waals surface area contributed by atoms with Crippen molar-refractivity contribution in [1.82, 2.24) is 0 Å². The van der Waals surface area contributed by atoms with Gasteiger partial charge in [0.15, 0.2) is 0 Å². The summed E-state index contributed by atoms with van der Waals surface area (Å²) < 4.78 is 0. The fourth-order valence-electron chi connectivity index (χ4n) is 3.37. The fourth-order valence-corrected chi connectivity index (χ4v) is 3.37. The molecule has 4 nitrogen and oxygen atoms in total. The molecule has 0 aliphatic carbocycles. The smallest absolute Gasteiger partial charge is 0.221 e. The van der Waals surface area contributed by atoms with E-state index in [1.165, 1.54) is 6.92 Å². The van der Waals surface area contributed by atoms with Crippen LogP contribution >= 0.6 is 0 Å². The molecule has 3 N–H and O–H groups in total. The molecule has 3 rings (SSSR count). The molecule has 1 amide bonds. The Morgan fingerprint density at radius 1 is 1.00 bits per heavy atom. The van der Waals surface area contributed by atoms with Crippen molar-refractivity contribution in [2.45, 2.75) is 25.8 Å². The Morgan fingerprint density at radius 2 is 1.66 bits per heavy atom. The Morgan fingerprint density at radius 3 is 2.34 bits per heavy atom. The first kappa shape index (κ1) is 20.2. The van der Waals surface area contributed by atoms with Gasteiger partial charge >= 0.3 is 0 Å². The quantitative estimate of drug-likeness (QED) is 0.437. The number of benzene rings is 3. The van der Waals surface area contributed by atoms with Gasteiger partial charge in [0.05, 0.1) is 6.04 Å². The van der Waals surface area contributed by atoms with E-state index in [2.05, 4.69) is 29.3 Å². The SMILES string of the molecule is C=CC[C@H](Nc1ccccc1Cc1ccc(O)cc1)c1ccccc1NC(C)=O. The van der Waals surface area contributed by atoms with E-state index in [0.717, 1.165) is 34.5 Å². The van der Waals surface area contributed by atoms with Crippen LogP contribution in [-0.4, -0.2) is 11.0 Å². The maximum absolute atomic E-state index is 11.6. The predicted molar refractivity (Wildman–Crippen MR) is 119 cm³/mol. The van der Waals surface area contributed by atoms with Crippen molar-refractivity contribution in [3.63, 3.8) is 0 Å². The fraction of sp³-hybridized carbons (Fsp3) is 0.160. The number of aromatic hydroxyl groups is 1. The molecule has 0 aliphatic rings. The molecule has 148 valence electrons. The maximum Gasteiger partial charge on any atom is 0.221 e. The van der Waals surface area contributed by atoms with Gasteiger partial charge < -0.3 is 15.7 Å². The van der Waals surface area contributed by atoms with Gasteiger partial charge in [-0.3, -0.25) is 4.79 Å². The van der Waals surface area contributed by atoms with Crippen LogP contribution in [0.15, 0.2) is 85.5 Å². The zero-order valence-electron chi connectivity index (χ0n) is 16.6. The highest BCUT2D eigenvalue weighted by Crippen LogP contribution is 2.31. The van der Waals surface area contributed by atoms with E-state index in [0.29, 0.717) is 6.42 Å². The summed E-state index contributed by atoms with van der Waals surface area (Å²) in [5, 5.41) is 16.1. The highest BCUT2D eigenvalue weighted by atomic mass is 16.3. The van der Waals surface area contributed by atoms with Gasteiger partial charge in [0, 0.05) is 18.3 Å². The zero-order chi connectivity index (χ0) is 20.6. The largest absolute Gasteiger partial charge is 0.508 e. The number of amides is 1. The van der Waals surface area contributed by atoms with E-state index >= 15 is 0 Å². The van der Waals surface area contributed by atoms with Crippen molar-refractivity contribution in [3.05, 3.63) is 102 Å². The highest BCUT2D eigenvalue weighted by Gasteiger charge is 2.16. The molecule has 0 aliphatic heterocycles. The third kappa shape index (κ3) is 5.48. The monoisotopic (exact) mass is 386 g/mol. The first-order valence-electron chi connectivity index (χ1n) is 9.66. The highest BCUT2D eigenvalue weighted by molar-refractivity contribution is 5.89. The second-order valence-corrected chi connectivity index (χ2v) is 6.99. The van der Waals surface area contributed by atoms with Crippen molar-refractivity contribution >= 4 is 17.3 Å². The Labute approximate surface area is 171 Å². The van der Waals surface area contributed by atoms with Crippen LogP contribution in [0.3, 0.4) is 0 Å². The summed E-state index contributed by atoms with van der Waals surface area (Å²) in [5.41, 5.74) is 5.13. The number of carbonyl (C=O) groups is 1. The Kier molecular flexibility index (Phi) is 6.69. The molecular formula is C25H26N2O2. The van der Waals surface area contributed by atoms with Crippen molar-refractivity contribution in [2.75, 3.05) is 10.6 Å². The molecule has 0 spiro atoms. The lowest BCUT2D eigenvalue weighted by atomic mass is 9.98. The van der Waals surface area contributed by atoms with Crippen molar-refractivity contribution < 1.29 is 9.90 Å². The van der Waals surface area contributed by atoms with Gasteiger partial charge in [-0.25, -0.2) is 0 Å². The van der Waals surface area contributed by atoms with E-state index < -0.39 is 0 Å². The summed E-state index contributed by atoms with van der Waals surface area (Å²) in [6.07, 6.45) is 3.34. The molecule has 0 unspecified atom stereocenters. The summed E-state index contributed by atoms with van der Waals surface area (Å²) in [4.78, 5) is 11.6. The third-order valence-corrected chi connectivity index (χ3v) is 4.73.